The summed E-state index contributed by atoms with van der Waals surface area (Å²) >= 11 is 0. The predicted octanol–water partition coefficient (Wildman–Crippen LogP) is -0.887. The molecule has 2 aliphatic rings. The summed E-state index contributed by atoms with van der Waals surface area (Å²) in [6, 6.07) is 0.496. The molecule has 0 saturated carbocycles. The number of hydrogen-bond donors (Lipinski definition) is 2. The third-order valence-electron chi connectivity index (χ3n) is 3.94. The van der Waals surface area contributed by atoms with Crippen LogP contribution in [0.4, 0.5) is 10.7 Å². The van der Waals surface area contributed by atoms with E-state index in [1.54, 1.807) is 23.4 Å². The largest absolute Gasteiger partial charge is 0.337 e. The smallest absolute Gasteiger partial charge is 0.322 e. The lowest BCUT2D eigenvalue weighted by atomic mass is 10.1. The fourth-order valence-corrected chi connectivity index (χ4v) is 2.72. The van der Waals surface area contributed by atoms with E-state index in [-0.39, 0.29) is 18.2 Å². The summed E-state index contributed by atoms with van der Waals surface area (Å²) in [5.74, 6) is 0.143. The third-order valence-corrected chi connectivity index (χ3v) is 3.94. The number of amides is 4. The second-order valence-corrected chi connectivity index (χ2v) is 5.47. The molecule has 1 aromatic heterocycles. The zero-order valence-electron chi connectivity index (χ0n) is 12.6. The van der Waals surface area contributed by atoms with E-state index in [0.717, 1.165) is 0 Å². The molecule has 9 heteroatoms. The fraction of sp³-hybridized carbons (Fsp3) is 0.500. The van der Waals surface area contributed by atoms with Gasteiger partial charge in [-0.2, -0.15) is 0 Å². The van der Waals surface area contributed by atoms with Crippen LogP contribution in [0.15, 0.2) is 18.5 Å². The van der Waals surface area contributed by atoms with Crippen LogP contribution >= 0.6 is 0 Å². The first-order valence-electron chi connectivity index (χ1n) is 7.54. The SMILES string of the molecule is O=C1CC[C@H](C(=O)N2CCN(c3ncccn3)CC2)NC(=O)N1. The lowest BCUT2D eigenvalue weighted by molar-refractivity contribution is -0.133. The Kier molecular flexibility index (Phi) is 4.35. The van der Waals surface area contributed by atoms with E-state index in [1.807, 2.05) is 4.90 Å². The van der Waals surface area contributed by atoms with E-state index < -0.39 is 12.1 Å². The van der Waals surface area contributed by atoms with Gasteiger partial charge in [0.15, 0.2) is 0 Å². The zero-order chi connectivity index (χ0) is 16.2. The van der Waals surface area contributed by atoms with E-state index in [1.165, 1.54) is 0 Å². The Morgan fingerprint density at radius 2 is 1.83 bits per heavy atom. The van der Waals surface area contributed by atoms with Crippen molar-refractivity contribution in [3.63, 3.8) is 0 Å². The van der Waals surface area contributed by atoms with Gasteiger partial charge in [0.2, 0.25) is 17.8 Å². The van der Waals surface area contributed by atoms with E-state index in [4.69, 9.17) is 0 Å². The summed E-state index contributed by atoms with van der Waals surface area (Å²) < 4.78 is 0. The van der Waals surface area contributed by atoms with Crippen molar-refractivity contribution < 1.29 is 14.4 Å². The number of nitrogens with zero attached hydrogens (tertiary/aromatic N) is 4. The van der Waals surface area contributed by atoms with E-state index in [9.17, 15) is 14.4 Å². The zero-order valence-corrected chi connectivity index (χ0v) is 12.6. The molecule has 4 amide bonds. The third kappa shape index (κ3) is 3.55. The molecule has 1 aromatic rings. The molecule has 0 radical (unpaired) electrons. The second kappa shape index (κ2) is 6.59. The van der Waals surface area contributed by atoms with Gasteiger partial charge in [-0.1, -0.05) is 0 Å². The maximum Gasteiger partial charge on any atom is 0.322 e. The maximum absolute atomic E-state index is 12.5. The number of carbonyl (C=O) groups is 3. The van der Waals surface area contributed by atoms with Gasteiger partial charge in [-0.25, -0.2) is 14.8 Å². The van der Waals surface area contributed by atoms with Gasteiger partial charge in [-0.05, 0) is 12.5 Å². The fourth-order valence-electron chi connectivity index (χ4n) is 2.72. The first kappa shape index (κ1) is 15.2. The summed E-state index contributed by atoms with van der Waals surface area (Å²) in [6.07, 6.45) is 3.85. The molecule has 23 heavy (non-hydrogen) atoms. The van der Waals surface area contributed by atoms with Gasteiger partial charge in [0.05, 0.1) is 0 Å². The molecule has 2 fully saturated rings. The summed E-state index contributed by atoms with van der Waals surface area (Å²) in [5, 5.41) is 4.72. The lowest BCUT2D eigenvalue weighted by Crippen LogP contribution is -2.55. The number of aromatic nitrogens is 2. The van der Waals surface area contributed by atoms with Gasteiger partial charge in [0, 0.05) is 45.0 Å². The molecule has 2 N–H and O–H groups in total. The number of rotatable bonds is 2. The minimum Gasteiger partial charge on any atom is -0.337 e. The number of piperazine rings is 1. The standard InChI is InChI=1S/C14H18N6O3/c21-11-3-2-10(17-14(23)18-11)12(22)19-6-8-20(9-7-19)13-15-4-1-5-16-13/h1,4-5,10H,2-3,6-9H2,(H2,17,18,21,23)/t10-/m1/s1. The summed E-state index contributed by atoms with van der Waals surface area (Å²) in [4.78, 5) is 47.5. The highest BCUT2D eigenvalue weighted by atomic mass is 16.2. The van der Waals surface area contributed by atoms with Crippen molar-refractivity contribution in [3.05, 3.63) is 18.5 Å². The number of urea groups is 1. The molecule has 3 heterocycles. The number of nitrogens with one attached hydrogen (secondary N) is 2. The molecule has 0 aliphatic carbocycles. The molecule has 2 aliphatic heterocycles. The first-order valence-corrected chi connectivity index (χ1v) is 7.54. The van der Waals surface area contributed by atoms with Crippen molar-refractivity contribution in [3.8, 4) is 0 Å². The molecular weight excluding hydrogens is 300 g/mol. The minimum atomic E-state index is -0.652. The Hall–Kier alpha value is -2.71. The van der Waals surface area contributed by atoms with Gasteiger partial charge in [0.25, 0.3) is 0 Å². The summed E-state index contributed by atoms with van der Waals surface area (Å²) in [7, 11) is 0. The summed E-state index contributed by atoms with van der Waals surface area (Å²) in [5.41, 5.74) is 0. The maximum atomic E-state index is 12.5. The van der Waals surface area contributed by atoms with Gasteiger partial charge >= 0.3 is 6.03 Å². The lowest BCUT2D eigenvalue weighted by Gasteiger charge is -2.36. The Labute approximate surface area is 133 Å². The first-order chi connectivity index (χ1) is 11.1. The van der Waals surface area contributed by atoms with E-state index >= 15 is 0 Å². The van der Waals surface area contributed by atoms with Crippen molar-refractivity contribution in [2.75, 3.05) is 31.1 Å². The van der Waals surface area contributed by atoms with Crippen LogP contribution in [0, 0.1) is 0 Å². The van der Waals surface area contributed by atoms with Crippen LogP contribution in [-0.2, 0) is 9.59 Å². The van der Waals surface area contributed by atoms with Crippen molar-refractivity contribution in [1.29, 1.82) is 0 Å². The van der Waals surface area contributed by atoms with Crippen molar-refractivity contribution in [2.24, 2.45) is 0 Å². The van der Waals surface area contributed by atoms with Gasteiger partial charge in [0.1, 0.15) is 6.04 Å². The Morgan fingerprint density at radius 1 is 1.13 bits per heavy atom. The van der Waals surface area contributed by atoms with Crippen molar-refractivity contribution in [1.82, 2.24) is 25.5 Å². The Balaban J connectivity index is 1.57. The molecule has 1 atom stereocenters. The molecule has 0 unspecified atom stereocenters. The quantitative estimate of drug-likeness (QED) is 0.733. The molecular formula is C14H18N6O3. The molecule has 2 saturated heterocycles. The molecule has 0 bridgehead atoms. The van der Waals surface area contributed by atoms with Crippen LogP contribution in [0.1, 0.15) is 12.8 Å². The average Bonchev–Trinajstić information content (AvgIpc) is 2.75. The van der Waals surface area contributed by atoms with Crippen LogP contribution in [0.3, 0.4) is 0 Å². The van der Waals surface area contributed by atoms with Crippen LogP contribution in [-0.4, -0.2) is 64.9 Å². The molecule has 9 nitrogen and oxygen atoms in total. The van der Waals surface area contributed by atoms with Crippen molar-refractivity contribution >= 4 is 23.8 Å². The number of anilines is 1. The van der Waals surface area contributed by atoms with Gasteiger partial charge in [-0.15, -0.1) is 0 Å². The van der Waals surface area contributed by atoms with E-state index in [2.05, 4.69) is 20.6 Å². The molecule has 3 rings (SSSR count). The predicted molar refractivity (Wildman–Crippen MR) is 80.5 cm³/mol. The number of imide groups is 1. The van der Waals surface area contributed by atoms with Gasteiger partial charge in [-0.3, -0.25) is 14.9 Å². The number of carbonyl (C=O) groups excluding carboxylic acids is 3. The normalized spacial score (nSPS) is 22.2. The van der Waals surface area contributed by atoms with Crippen LogP contribution < -0.4 is 15.5 Å². The monoisotopic (exact) mass is 318 g/mol. The molecule has 122 valence electrons. The molecule has 0 aromatic carbocycles. The second-order valence-electron chi connectivity index (χ2n) is 5.47. The summed E-state index contributed by atoms with van der Waals surface area (Å²) in [6.45, 7) is 2.33. The minimum absolute atomic E-state index is 0.150. The van der Waals surface area contributed by atoms with Crippen LogP contribution in [0.25, 0.3) is 0 Å². The Morgan fingerprint density at radius 3 is 2.52 bits per heavy atom. The Bertz CT molecular complexity index is 600. The topological polar surface area (TPSA) is 108 Å². The van der Waals surface area contributed by atoms with Crippen LogP contribution in [0.2, 0.25) is 0 Å². The highest BCUT2D eigenvalue weighted by molar-refractivity contribution is 5.98. The molecule has 0 spiro atoms. The van der Waals surface area contributed by atoms with Crippen molar-refractivity contribution in [2.45, 2.75) is 18.9 Å². The van der Waals surface area contributed by atoms with Gasteiger partial charge < -0.3 is 15.1 Å². The van der Waals surface area contributed by atoms with E-state index in [0.29, 0.717) is 38.5 Å². The number of hydrogen-bond acceptors (Lipinski definition) is 6. The average molecular weight is 318 g/mol. The van der Waals surface area contributed by atoms with Crippen LogP contribution in [0.5, 0.6) is 0 Å². The highest BCUT2D eigenvalue weighted by Gasteiger charge is 2.31. The highest BCUT2D eigenvalue weighted by Crippen LogP contribution is 2.12.